The lowest BCUT2D eigenvalue weighted by molar-refractivity contribution is 0.206. The van der Waals surface area contributed by atoms with Crippen molar-refractivity contribution in [1.29, 1.82) is 0 Å². The highest BCUT2D eigenvalue weighted by molar-refractivity contribution is 5.97. The summed E-state index contributed by atoms with van der Waals surface area (Å²) in [6.45, 7) is 5.20. The van der Waals surface area contributed by atoms with Gasteiger partial charge in [0.15, 0.2) is 5.84 Å². The molecule has 1 aromatic rings. The number of nitrogens with two attached hydrogens (primary N) is 1. The summed E-state index contributed by atoms with van der Waals surface area (Å²) in [4.78, 5) is 0. The molecule has 0 atom stereocenters. The van der Waals surface area contributed by atoms with E-state index in [1.807, 2.05) is 25.1 Å². The van der Waals surface area contributed by atoms with E-state index in [-0.39, 0.29) is 5.84 Å². The summed E-state index contributed by atoms with van der Waals surface area (Å²) < 4.78 is 0. The largest absolute Gasteiger partial charge is 0.409 e. The molecule has 2 rings (SSSR count). The monoisotopic (exact) mass is 247 g/mol. The molecule has 1 aliphatic carbocycles. The second kappa shape index (κ2) is 4.98. The lowest BCUT2D eigenvalue weighted by atomic mass is 9.78. The number of benzene rings is 1. The molecule has 0 unspecified atom stereocenters. The van der Waals surface area contributed by atoms with Gasteiger partial charge in [0.25, 0.3) is 0 Å². The van der Waals surface area contributed by atoms with E-state index < -0.39 is 0 Å². The molecule has 0 heterocycles. The molecule has 1 aliphatic rings. The Morgan fingerprint density at radius 3 is 2.72 bits per heavy atom. The molecule has 18 heavy (non-hydrogen) atoms. The Morgan fingerprint density at radius 1 is 1.50 bits per heavy atom. The third-order valence-corrected chi connectivity index (χ3v) is 3.91. The van der Waals surface area contributed by atoms with Crippen molar-refractivity contribution in [2.45, 2.75) is 45.2 Å². The zero-order chi connectivity index (χ0) is 13.2. The van der Waals surface area contributed by atoms with Crippen LogP contribution < -0.4 is 11.1 Å². The number of nitrogens with zero attached hydrogens (tertiary/aromatic N) is 1. The maximum absolute atomic E-state index is 8.65. The minimum Gasteiger partial charge on any atom is -0.409 e. The van der Waals surface area contributed by atoms with E-state index in [0.29, 0.717) is 5.54 Å². The molecule has 0 aliphatic heterocycles. The summed E-state index contributed by atoms with van der Waals surface area (Å²) in [5, 5.41) is 15.3. The summed E-state index contributed by atoms with van der Waals surface area (Å²) in [5.74, 6) is 0.156. The summed E-state index contributed by atoms with van der Waals surface area (Å²) in [7, 11) is 0. The van der Waals surface area contributed by atoms with E-state index >= 15 is 0 Å². The molecular formula is C14H21N3O. The number of amidine groups is 1. The third-order valence-electron chi connectivity index (χ3n) is 3.91. The summed E-state index contributed by atoms with van der Waals surface area (Å²) in [6.07, 6.45) is 3.84. The molecule has 0 spiro atoms. The third kappa shape index (κ3) is 2.64. The molecule has 4 nitrogen and oxygen atoms in total. The van der Waals surface area contributed by atoms with Crippen molar-refractivity contribution in [3.05, 3.63) is 34.9 Å². The Morgan fingerprint density at radius 2 is 2.22 bits per heavy atom. The van der Waals surface area contributed by atoms with Gasteiger partial charge in [-0.25, -0.2) is 0 Å². The van der Waals surface area contributed by atoms with Crippen LogP contribution in [0.3, 0.4) is 0 Å². The van der Waals surface area contributed by atoms with Crippen LogP contribution in [0.25, 0.3) is 0 Å². The minimum atomic E-state index is 0.156. The lowest BCUT2D eigenvalue weighted by Crippen LogP contribution is -2.47. The van der Waals surface area contributed by atoms with Crippen LogP contribution in [-0.2, 0) is 6.54 Å². The van der Waals surface area contributed by atoms with E-state index in [2.05, 4.69) is 17.4 Å². The average Bonchev–Trinajstić information content (AvgIpc) is 2.34. The predicted octanol–water partition coefficient (Wildman–Crippen LogP) is 2.12. The van der Waals surface area contributed by atoms with Gasteiger partial charge in [-0.2, -0.15) is 0 Å². The highest BCUT2D eigenvalue weighted by atomic mass is 16.4. The molecule has 0 bridgehead atoms. The van der Waals surface area contributed by atoms with Gasteiger partial charge in [0.05, 0.1) is 0 Å². The van der Waals surface area contributed by atoms with Gasteiger partial charge in [-0.15, -0.1) is 0 Å². The zero-order valence-electron chi connectivity index (χ0n) is 11.0. The maximum Gasteiger partial charge on any atom is 0.170 e. The van der Waals surface area contributed by atoms with Crippen molar-refractivity contribution >= 4 is 5.84 Å². The molecular weight excluding hydrogens is 226 g/mol. The Labute approximate surface area is 108 Å². The number of rotatable bonds is 4. The first-order valence-electron chi connectivity index (χ1n) is 6.36. The minimum absolute atomic E-state index is 0.156. The highest BCUT2D eigenvalue weighted by Gasteiger charge is 2.30. The predicted molar refractivity (Wildman–Crippen MR) is 72.8 cm³/mol. The average molecular weight is 247 g/mol. The number of hydrogen-bond acceptors (Lipinski definition) is 3. The molecule has 1 saturated carbocycles. The van der Waals surface area contributed by atoms with Crippen LogP contribution >= 0.6 is 0 Å². The zero-order valence-corrected chi connectivity index (χ0v) is 11.0. The van der Waals surface area contributed by atoms with Gasteiger partial charge in [-0.3, -0.25) is 0 Å². The molecule has 1 aromatic carbocycles. The number of oxime groups is 1. The van der Waals surface area contributed by atoms with Crippen LogP contribution in [0.2, 0.25) is 0 Å². The van der Waals surface area contributed by atoms with E-state index in [1.54, 1.807) is 0 Å². The van der Waals surface area contributed by atoms with Gasteiger partial charge in [-0.05, 0) is 50.3 Å². The Bertz CT molecular complexity index is 464. The Hall–Kier alpha value is -1.55. The summed E-state index contributed by atoms with van der Waals surface area (Å²) in [6, 6.07) is 5.88. The van der Waals surface area contributed by atoms with Gasteiger partial charge in [0, 0.05) is 17.6 Å². The van der Waals surface area contributed by atoms with Gasteiger partial charge >= 0.3 is 0 Å². The van der Waals surface area contributed by atoms with Crippen molar-refractivity contribution < 1.29 is 5.21 Å². The molecule has 1 fully saturated rings. The van der Waals surface area contributed by atoms with Crippen molar-refractivity contribution in [1.82, 2.24) is 5.32 Å². The molecule has 98 valence electrons. The fourth-order valence-electron chi connectivity index (χ4n) is 2.30. The van der Waals surface area contributed by atoms with E-state index in [1.165, 1.54) is 24.8 Å². The highest BCUT2D eigenvalue weighted by Crippen LogP contribution is 2.31. The van der Waals surface area contributed by atoms with Crippen LogP contribution in [0.1, 0.15) is 42.9 Å². The van der Waals surface area contributed by atoms with E-state index in [4.69, 9.17) is 10.9 Å². The molecule has 0 radical (unpaired) electrons. The molecule has 0 aromatic heterocycles. The first-order valence-corrected chi connectivity index (χ1v) is 6.36. The summed E-state index contributed by atoms with van der Waals surface area (Å²) in [5.41, 5.74) is 9.07. The molecule has 0 amide bonds. The maximum atomic E-state index is 8.65. The molecule has 0 saturated heterocycles. The number of aryl methyl sites for hydroxylation is 1. The fourth-order valence-corrected chi connectivity index (χ4v) is 2.30. The molecule has 4 heteroatoms. The Kier molecular flexibility index (Phi) is 3.57. The lowest BCUT2D eigenvalue weighted by Gasteiger charge is -2.39. The second-order valence-corrected chi connectivity index (χ2v) is 5.39. The first kappa shape index (κ1) is 12.9. The van der Waals surface area contributed by atoms with Crippen molar-refractivity contribution in [2.75, 3.05) is 0 Å². The standard InChI is InChI=1S/C14H21N3O/c1-10-8-11(13(15)17-18)4-5-12(10)9-16-14(2)6-3-7-14/h4-5,8,16,18H,3,6-7,9H2,1-2H3,(H2,15,17). The van der Waals surface area contributed by atoms with Crippen molar-refractivity contribution in [3.63, 3.8) is 0 Å². The van der Waals surface area contributed by atoms with E-state index in [9.17, 15) is 0 Å². The van der Waals surface area contributed by atoms with Crippen LogP contribution in [0.15, 0.2) is 23.4 Å². The normalized spacial score (nSPS) is 18.4. The van der Waals surface area contributed by atoms with Crippen molar-refractivity contribution in [3.8, 4) is 0 Å². The van der Waals surface area contributed by atoms with Crippen molar-refractivity contribution in [2.24, 2.45) is 10.9 Å². The second-order valence-electron chi connectivity index (χ2n) is 5.39. The van der Waals surface area contributed by atoms with Gasteiger partial charge in [0.1, 0.15) is 0 Å². The van der Waals surface area contributed by atoms with Crippen LogP contribution in [0, 0.1) is 6.92 Å². The van der Waals surface area contributed by atoms with Gasteiger partial charge in [0.2, 0.25) is 0 Å². The van der Waals surface area contributed by atoms with Gasteiger partial charge < -0.3 is 16.3 Å². The molecule has 4 N–H and O–H groups in total. The van der Waals surface area contributed by atoms with Crippen LogP contribution in [0.5, 0.6) is 0 Å². The van der Waals surface area contributed by atoms with Gasteiger partial charge in [-0.1, -0.05) is 17.3 Å². The fraction of sp³-hybridized carbons (Fsp3) is 0.500. The van der Waals surface area contributed by atoms with Crippen LogP contribution in [-0.4, -0.2) is 16.6 Å². The van der Waals surface area contributed by atoms with E-state index in [0.717, 1.165) is 17.7 Å². The summed E-state index contributed by atoms with van der Waals surface area (Å²) >= 11 is 0. The Balaban J connectivity index is 2.05. The smallest absolute Gasteiger partial charge is 0.170 e. The number of nitrogens with one attached hydrogen (secondary N) is 1. The first-order chi connectivity index (χ1) is 8.54. The SMILES string of the molecule is Cc1cc(/C(N)=N/O)ccc1CNC1(C)CCC1. The quantitative estimate of drug-likeness (QED) is 0.330. The van der Waals surface area contributed by atoms with Crippen LogP contribution in [0.4, 0.5) is 0 Å². The number of hydrogen-bond donors (Lipinski definition) is 3. The topological polar surface area (TPSA) is 70.6 Å².